The maximum absolute atomic E-state index is 13.6. The number of hydrogen-bond donors (Lipinski definition) is 1. The summed E-state index contributed by atoms with van der Waals surface area (Å²) in [5.41, 5.74) is 0.00242. The van der Waals surface area contributed by atoms with E-state index in [1.807, 2.05) is 46.6 Å². The predicted octanol–water partition coefficient (Wildman–Crippen LogP) is 2.90. The number of thioether (sulfide) groups is 1. The zero-order valence-corrected chi connectivity index (χ0v) is 21.5. The Morgan fingerprint density at radius 2 is 1.90 bits per heavy atom. The Bertz CT molecular complexity index is 672. The standard InChI is InChI=1S/C23H41N3O4S/c1-10-30-22(29)16(4)13-18(15(2)3)26(9)21(28)19(23(5,6)7)24-20(27)17-11-12-31-14-25(17)8/h13,15,17-19H,10-12,14H2,1-9H3,(H,24,27)/b16-13+. The van der Waals surface area contributed by atoms with Gasteiger partial charge in [-0.3, -0.25) is 14.5 Å². The maximum atomic E-state index is 13.6. The smallest absolute Gasteiger partial charge is 0.333 e. The Kier molecular flexibility index (Phi) is 10.6. The average Bonchev–Trinajstić information content (AvgIpc) is 2.68. The van der Waals surface area contributed by atoms with Crippen LogP contribution in [0.3, 0.4) is 0 Å². The van der Waals surface area contributed by atoms with Gasteiger partial charge in [-0.1, -0.05) is 40.7 Å². The molecule has 178 valence electrons. The number of carbonyl (C=O) groups is 3. The lowest BCUT2D eigenvalue weighted by Crippen LogP contribution is -2.59. The SMILES string of the molecule is CCOC(=O)/C(C)=C/C(C(C)C)N(C)C(=O)C(NC(=O)C1CCSCN1C)C(C)(C)C. The molecular formula is C23H41N3O4S. The van der Waals surface area contributed by atoms with Crippen LogP contribution in [0, 0.1) is 11.3 Å². The van der Waals surface area contributed by atoms with Crippen molar-refractivity contribution in [3.63, 3.8) is 0 Å². The number of esters is 1. The summed E-state index contributed by atoms with van der Waals surface area (Å²) in [6.45, 7) is 13.6. The van der Waals surface area contributed by atoms with Gasteiger partial charge in [0.2, 0.25) is 11.8 Å². The van der Waals surface area contributed by atoms with E-state index >= 15 is 0 Å². The molecule has 0 aromatic heterocycles. The van der Waals surface area contributed by atoms with E-state index in [2.05, 4.69) is 5.32 Å². The molecular weight excluding hydrogens is 414 g/mol. The maximum Gasteiger partial charge on any atom is 0.333 e. The summed E-state index contributed by atoms with van der Waals surface area (Å²) in [4.78, 5) is 42.3. The van der Waals surface area contributed by atoms with Gasteiger partial charge in [0, 0.05) is 18.5 Å². The third kappa shape index (κ3) is 7.83. The molecule has 3 atom stereocenters. The summed E-state index contributed by atoms with van der Waals surface area (Å²) in [7, 11) is 3.67. The first kappa shape index (κ1) is 27.5. The lowest BCUT2D eigenvalue weighted by atomic mass is 9.84. The predicted molar refractivity (Wildman–Crippen MR) is 127 cm³/mol. The van der Waals surface area contributed by atoms with Gasteiger partial charge in [-0.15, -0.1) is 11.8 Å². The van der Waals surface area contributed by atoms with E-state index in [-0.39, 0.29) is 35.8 Å². The fourth-order valence-electron chi connectivity index (χ4n) is 3.60. The number of carbonyl (C=O) groups excluding carboxylic acids is 3. The minimum absolute atomic E-state index is 0.0798. The summed E-state index contributed by atoms with van der Waals surface area (Å²) in [6.07, 6.45) is 2.55. The fourth-order valence-corrected chi connectivity index (χ4v) is 4.59. The van der Waals surface area contributed by atoms with E-state index in [1.165, 1.54) is 0 Å². The first-order chi connectivity index (χ1) is 14.3. The molecule has 1 rings (SSSR count). The van der Waals surface area contributed by atoms with Crippen molar-refractivity contribution in [3.8, 4) is 0 Å². The molecule has 1 saturated heterocycles. The Balaban J connectivity index is 3.10. The third-order valence-electron chi connectivity index (χ3n) is 5.56. The molecule has 0 aromatic rings. The Labute approximate surface area is 192 Å². The highest BCUT2D eigenvalue weighted by Crippen LogP contribution is 2.25. The Hall–Kier alpha value is -1.54. The van der Waals surface area contributed by atoms with Crippen LogP contribution in [0.1, 0.15) is 54.9 Å². The molecule has 7 nitrogen and oxygen atoms in total. The normalized spacial score (nSPS) is 20.2. The van der Waals surface area contributed by atoms with Crippen molar-refractivity contribution in [3.05, 3.63) is 11.6 Å². The molecule has 0 spiro atoms. The molecule has 0 radical (unpaired) electrons. The quantitative estimate of drug-likeness (QED) is 0.448. The first-order valence-corrected chi connectivity index (χ1v) is 12.2. The summed E-state index contributed by atoms with van der Waals surface area (Å²) in [6, 6.07) is -1.20. The first-order valence-electron chi connectivity index (χ1n) is 11.0. The van der Waals surface area contributed by atoms with E-state index in [0.717, 1.165) is 18.1 Å². The summed E-state index contributed by atoms with van der Waals surface area (Å²) >= 11 is 1.80. The molecule has 0 bridgehead atoms. The van der Waals surface area contributed by atoms with Crippen molar-refractivity contribution in [1.82, 2.24) is 15.1 Å². The second-order valence-corrected chi connectivity index (χ2v) is 10.7. The molecule has 0 aliphatic carbocycles. The molecule has 31 heavy (non-hydrogen) atoms. The minimum atomic E-state index is -0.675. The van der Waals surface area contributed by atoms with Crippen molar-refractivity contribution in [2.45, 2.75) is 73.0 Å². The van der Waals surface area contributed by atoms with E-state index in [0.29, 0.717) is 12.2 Å². The lowest BCUT2D eigenvalue weighted by Gasteiger charge is -2.39. The van der Waals surface area contributed by atoms with E-state index < -0.39 is 11.5 Å². The van der Waals surface area contributed by atoms with Crippen molar-refractivity contribution in [2.75, 3.05) is 32.3 Å². The monoisotopic (exact) mass is 455 g/mol. The highest BCUT2D eigenvalue weighted by Gasteiger charge is 2.39. The van der Waals surface area contributed by atoms with Crippen molar-refractivity contribution >= 4 is 29.5 Å². The third-order valence-corrected chi connectivity index (χ3v) is 6.68. The summed E-state index contributed by atoms with van der Waals surface area (Å²) in [5, 5.41) is 3.03. The largest absolute Gasteiger partial charge is 0.463 e. The van der Waals surface area contributed by atoms with Crippen molar-refractivity contribution < 1.29 is 19.1 Å². The van der Waals surface area contributed by atoms with Gasteiger partial charge in [0.1, 0.15) is 6.04 Å². The van der Waals surface area contributed by atoms with E-state index in [9.17, 15) is 14.4 Å². The van der Waals surface area contributed by atoms with Crippen LogP contribution >= 0.6 is 11.8 Å². The van der Waals surface area contributed by atoms with Gasteiger partial charge in [0.15, 0.2) is 0 Å². The van der Waals surface area contributed by atoms with Crippen LogP contribution in [0.5, 0.6) is 0 Å². The molecule has 1 heterocycles. The minimum Gasteiger partial charge on any atom is -0.463 e. The number of hydrogen-bond acceptors (Lipinski definition) is 6. The van der Waals surface area contributed by atoms with Gasteiger partial charge in [-0.05, 0) is 44.4 Å². The number of likely N-dealkylation sites (N-methyl/N-ethyl adjacent to an activating group) is 2. The highest BCUT2D eigenvalue weighted by atomic mass is 32.2. The summed E-state index contributed by atoms with van der Waals surface area (Å²) in [5.74, 6) is 1.16. The van der Waals surface area contributed by atoms with Crippen molar-refractivity contribution in [2.24, 2.45) is 11.3 Å². The second kappa shape index (κ2) is 11.9. The molecule has 8 heteroatoms. The number of amides is 2. The van der Waals surface area contributed by atoms with E-state index in [4.69, 9.17) is 4.74 Å². The number of ether oxygens (including phenoxy) is 1. The fraction of sp³-hybridized carbons (Fsp3) is 0.783. The van der Waals surface area contributed by atoms with Gasteiger partial charge >= 0.3 is 5.97 Å². The van der Waals surface area contributed by atoms with Gasteiger partial charge < -0.3 is 15.0 Å². The van der Waals surface area contributed by atoms with Crippen molar-refractivity contribution in [1.29, 1.82) is 0 Å². The molecule has 2 amide bonds. The molecule has 3 unspecified atom stereocenters. The average molecular weight is 456 g/mol. The van der Waals surface area contributed by atoms with Gasteiger partial charge in [-0.2, -0.15) is 0 Å². The zero-order chi connectivity index (χ0) is 23.9. The Morgan fingerprint density at radius 3 is 2.39 bits per heavy atom. The van der Waals surface area contributed by atoms with Crippen LogP contribution in [-0.4, -0.2) is 78.0 Å². The summed E-state index contributed by atoms with van der Waals surface area (Å²) < 4.78 is 5.08. The number of rotatable bonds is 8. The van der Waals surface area contributed by atoms with Gasteiger partial charge in [0.25, 0.3) is 0 Å². The van der Waals surface area contributed by atoms with Crippen LogP contribution in [-0.2, 0) is 19.1 Å². The zero-order valence-electron chi connectivity index (χ0n) is 20.7. The molecule has 1 aliphatic heterocycles. The van der Waals surface area contributed by atoms with E-state index in [1.54, 1.807) is 43.6 Å². The number of nitrogens with one attached hydrogen (secondary N) is 1. The van der Waals surface area contributed by atoms with Crippen LogP contribution in [0.2, 0.25) is 0 Å². The van der Waals surface area contributed by atoms with Crippen LogP contribution in [0.4, 0.5) is 0 Å². The Morgan fingerprint density at radius 1 is 1.29 bits per heavy atom. The molecule has 0 saturated carbocycles. The van der Waals surface area contributed by atoms with Crippen LogP contribution in [0.15, 0.2) is 11.6 Å². The molecule has 1 fully saturated rings. The highest BCUT2D eigenvalue weighted by molar-refractivity contribution is 7.99. The van der Waals surface area contributed by atoms with Crippen LogP contribution in [0.25, 0.3) is 0 Å². The van der Waals surface area contributed by atoms with Crippen LogP contribution < -0.4 is 5.32 Å². The number of nitrogens with zero attached hydrogens (tertiary/aromatic N) is 2. The molecule has 1 N–H and O–H groups in total. The van der Waals surface area contributed by atoms with Gasteiger partial charge in [-0.25, -0.2) is 4.79 Å². The lowest BCUT2D eigenvalue weighted by molar-refractivity contribution is -0.141. The second-order valence-electron chi connectivity index (χ2n) is 9.66. The topological polar surface area (TPSA) is 79.0 Å². The van der Waals surface area contributed by atoms with Gasteiger partial charge in [0.05, 0.1) is 18.7 Å². The molecule has 1 aliphatic rings. The molecule has 0 aromatic carbocycles.